The molecule has 7 heteroatoms. The number of nitrogens with zero attached hydrogens (tertiary/aromatic N) is 1. The minimum absolute atomic E-state index is 0.184. The Labute approximate surface area is 124 Å². The molecule has 0 fully saturated rings. The highest BCUT2D eigenvalue weighted by molar-refractivity contribution is 7.99. The Bertz CT molecular complexity index is 506. The van der Waals surface area contributed by atoms with E-state index in [0.29, 0.717) is 16.5 Å². The van der Waals surface area contributed by atoms with Crippen molar-refractivity contribution in [1.29, 1.82) is 0 Å². The van der Waals surface area contributed by atoms with Crippen LogP contribution in [0.3, 0.4) is 0 Å². The minimum Gasteiger partial charge on any atom is -0.370 e. The molecule has 108 valence electrons. The molecule has 4 nitrogen and oxygen atoms in total. The molecule has 1 aromatic rings. The van der Waals surface area contributed by atoms with Crippen molar-refractivity contribution in [2.75, 3.05) is 29.6 Å². The fraction of sp³-hybridized carbons (Fsp3) is 0.583. The zero-order chi connectivity index (χ0) is 14.3. The number of hydrogen-bond acceptors (Lipinski definition) is 5. The van der Waals surface area contributed by atoms with Crippen molar-refractivity contribution in [1.82, 2.24) is 4.98 Å². The molecule has 0 unspecified atom stereocenters. The van der Waals surface area contributed by atoms with Gasteiger partial charge in [0.1, 0.15) is 15.7 Å². The molecule has 0 aliphatic heterocycles. The van der Waals surface area contributed by atoms with E-state index in [0.717, 1.165) is 24.5 Å². The van der Waals surface area contributed by atoms with Crippen molar-refractivity contribution >= 4 is 39.0 Å². The predicted octanol–water partition coefficient (Wildman–Crippen LogP) is 2.83. The summed E-state index contributed by atoms with van der Waals surface area (Å²) in [4.78, 5) is 4.43. The molecule has 0 amide bonds. The number of aromatic nitrogens is 1. The van der Waals surface area contributed by atoms with E-state index in [1.165, 1.54) is 18.0 Å². The summed E-state index contributed by atoms with van der Waals surface area (Å²) in [6.07, 6.45) is 2.27. The molecule has 0 saturated carbocycles. The summed E-state index contributed by atoms with van der Waals surface area (Å²) in [6.45, 7) is 2.96. The van der Waals surface area contributed by atoms with Gasteiger partial charge in [0, 0.05) is 24.3 Å². The van der Waals surface area contributed by atoms with Gasteiger partial charge in [-0.15, -0.1) is 0 Å². The van der Waals surface area contributed by atoms with Gasteiger partial charge < -0.3 is 5.32 Å². The third-order valence-corrected chi connectivity index (χ3v) is 4.83. The Morgan fingerprint density at radius 3 is 2.79 bits per heavy atom. The highest BCUT2D eigenvalue weighted by Gasteiger charge is 2.06. The van der Waals surface area contributed by atoms with Crippen LogP contribution in [0.4, 0.5) is 5.82 Å². The monoisotopic (exact) mass is 322 g/mol. The van der Waals surface area contributed by atoms with E-state index in [1.54, 1.807) is 0 Å². The van der Waals surface area contributed by atoms with Crippen molar-refractivity contribution in [3.8, 4) is 0 Å². The Hall–Kier alpha value is -0.460. The standard InChI is InChI=1S/C12H19ClN2O2S2/c1-3-6-14-12-5-4-10(13)11(15-12)9-18-7-8-19(2,16)17/h4-5H,3,6-9H2,1-2H3,(H,14,15). The fourth-order valence-corrected chi connectivity index (χ4v) is 3.81. The van der Waals surface area contributed by atoms with E-state index in [9.17, 15) is 8.42 Å². The molecule has 1 aromatic heterocycles. The number of hydrogen-bond donors (Lipinski definition) is 1. The van der Waals surface area contributed by atoms with Crippen LogP contribution in [0, 0.1) is 0 Å². The molecule has 1 rings (SSSR count). The summed E-state index contributed by atoms with van der Waals surface area (Å²) in [6, 6.07) is 3.67. The minimum atomic E-state index is -2.90. The molecule has 1 heterocycles. The first kappa shape index (κ1) is 16.6. The van der Waals surface area contributed by atoms with Crippen LogP contribution in [-0.2, 0) is 15.6 Å². The van der Waals surface area contributed by atoms with E-state index in [-0.39, 0.29) is 5.75 Å². The topological polar surface area (TPSA) is 59.1 Å². The van der Waals surface area contributed by atoms with Crippen LogP contribution in [0.5, 0.6) is 0 Å². The van der Waals surface area contributed by atoms with Gasteiger partial charge in [-0.25, -0.2) is 13.4 Å². The number of rotatable bonds is 8. The smallest absolute Gasteiger partial charge is 0.148 e. The van der Waals surface area contributed by atoms with Gasteiger partial charge in [-0.3, -0.25) is 0 Å². The molecule has 0 atom stereocenters. The lowest BCUT2D eigenvalue weighted by atomic mass is 10.3. The van der Waals surface area contributed by atoms with Crippen LogP contribution in [0.2, 0.25) is 5.02 Å². The number of thioether (sulfide) groups is 1. The molecule has 0 radical (unpaired) electrons. The Morgan fingerprint density at radius 1 is 1.42 bits per heavy atom. The first-order valence-corrected chi connectivity index (χ1v) is 9.66. The van der Waals surface area contributed by atoms with Crippen LogP contribution in [0.1, 0.15) is 19.0 Å². The highest BCUT2D eigenvalue weighted by Crippen LogP contribution is 2.21. The van der Waals surface area contributed by atoms with E-state index in [2.05, 4.69) is 17.2 Å². The first-order valence-electron chi connectivity index (χ1n) is 6.07. The van der Waals surface area contributed by atoms with Gasteiger partial charge in [0.15, 0.2) is 0 Å². The largest absolute Gasteiger partial charge is 0.370 e. The summed E-state index contributed by atoms with van der Waals surface area (Å²) < 4.78 is 22.0. The average Bonchev–Trinajstić information content (AvgIpc) is 2.33. The normalized spacial score (nSPS) is 11.5. The second-order valence-corrected chi connectivity index (χ2v) is 8.01. The predicted molar refractivity (Wildman–Crippen MR) is 83.9 cm³/mol. The third kappa shape index (κ3) is 7.03. The third-order valence-electron chi connectivity index (χ3n) is 2.31. The lowest BCUT2D eigenvalue weighted by molar-refractivity contribution is 0.603. The van der Waals surface area contributed by atoms with Gasteiger partial charge in [0.25, 0.3) is 0 Å². The molecular weight excluding hydrogens is 304 g/mol. The van der Waals surface area contributed by atoms with Crippen LogP contribution in [0.25, 0.3) is 0 Å². The van der Waals surface area contributed by atoms with E-state index < -0.39 is 9.84 Å². The second-order valence-electron chi connectivity index (χ2n) is 4.23. The van der Waals surface area contributed by atoms with Crippen molar-refractivity contribution in [3.63, 3.8) is 0 Å². The summed E-state index contributed by atoms with van der Waals surface area (Å²) in [5, 5.41) is 3.82. The van der Waals surface area contributed by atoms with Crippen LogP contribution < -0.4 is 5.32 Å². The molecule has 0 aliphatic carbocycles. The van der Waals surface area contributed by atoms with Crippen LogP contribution in [-0.4, -0.2) is 37.7 Å². The molecular formula is C12H19ClN2O2S2. The molecule has 0 bridgehead atoms. The van der Waals surface area contributed by atoms with Crippen LogP contribution in [0.15, 0.2) is 12.1 Å². The SMILES string of the molecule is CCCNc1ccc(Cl)c(CSCCS(C)(=O)=O)n1. The maximum atomic E-state index is 11.0. The number of nitrogens with one attached hydrogen (secondary N) is 1. The maximum absolute atomic E-state index is 11.0. The molecule has 0 aromatic carbocycles. The van der Waals surface area contributed by atoms with E-state index in [1.807, 2.05) is 12.1 Å². The van der Waals surface area contributed by atoms with Crippen LogP contribution >= 0.6 is 23.4 Å². The van der Waals surface area contributed by atoms with E-state index >= 15 is 0 Å². The molecule has 1 N–H and O–H groups in total. The zero-order valence-corrected chi connectivity index (χ0v) is 13.5. The van der Waals surface area contributed by atoms with Crippen molar-refractivity contribution in [2.24, 2.45) is 0 Å². The Morgan fingerprint density at radius 2 is 2.16 bits per heavy atom. The van der Waals surface area contributed by atoms with Gasteiger partial charge in [-0.05, 0) is 18.6 Å². The second kappa shape index (κ2) is 7.97. The van der Waals surface area contributed by atoms with Crippen molar-refractivity contribution < 1.29 is 8.42 Å². The molecule has 0 saturated heterocycles. The summed E-state index contributed by atoms with van der Waals surface area (Å²) >= 11 is 7.60. The lowest BCUT2D eigenvalue weighted by Crippen LogP contribution is -2.06. The number of pyridine rings is 1. The number of anilines is 1. The average molecular weight is 323 g/mol. The number of halogens is 1. The van der Waals surface area contributed by atoms with Gasteiger partial charge in [-0.1, -0.05) is 18.5 Å². The summed E-state index contributed by atoms with van der Waals surface area (Å²) in [7, 11) is -2.90. The maximum Gasteiger partial charge on any atom is 0.148 e. The van der Waals surface area contributed by atoms with Gasteiger partial charge in [0.05, 0.1) is 16.5 Å². The Balaban J connectivity index is 2.52. The van der Waals surface area contributed by atoms with Gasteiger partial charge in [-0.2, -0.15) is 11.8 Å². The molecule has 19 heavy (non-hydrogen) atoms. The van der Waals surface area contributed by atoms with Crippen molar-refractivity contribution in [3.05, 3.63) is 22.8 Å². The molecule has 0 aliphatic rings. The van der Waals surface area contributed by atoms with E-state index in [4.69, 9.17) is 11.6 Å². The first-order chi connectivity index (χ1) is 8.92. The summed E-state index contributed by atoms with van der Waals surface area (Å²) in [5.41, 5.74) is 0.793. The zero-order valence-electron chi connectivity index (χ0n) is 11.1. The summed E-state index contributed by atoms with van der Waals surface area (Å²) in [5.74, 6) is 2.17. The molecule has 0 spiro atoms. The fourth-order valence-electron chi connectivity index (χ4n) is 1.32. The Kier molecular flexibility index (Phi) is 6.96. The van der Waals surface area contributed by atoms with Crippen molar-refractivity contribution in [2.45, 2.75) is 19.1 Å². The highest BCUT2D eigenvalue weighted by atomic mass is 35.5. The lowest BCUT2D eigenvalue weighted by Gasteiger charge is -2.08. The van der Waals surface area contributed by atoms with Gasteiger partial charge in [0.2, 0.25) is 0 Å². The quantitative estimate of drug-likeness (QED) is 0.746. The van der Waals surface area contributed by atoms with Gasteiger partial charge >= 0.3 is 0 Å². The number of sulfone groups is 1.